The molecule has 0 radical (unpaired) electrons. The molecule has 0 saturated heterocycles. The second-order valence-electron chi connectivity index (χ2n) is 9.41. The van der Waals surface area contributed by atoms with E-state index >= 15 is 0 Å². The van der Waals surface area contributed by atoms with Crippen LogP contribution in [-0.4, -0.2) is 43.4 Å². The van der Waals surface area contributed by atoms with Crippen LogP contribution in [0.1, 0.15) is 124 Å². The first-order valence-corrected chi connectivity index (χ1v) is 11.8. The van der Waals surface area contributed by atoms with Gasteiger partial charge in [-0.25, -0.2) is 0 Å². The van der Waals surface area contributed by atoms with E-state index in [1.165, 1.54) is 109 Å². The van der Waals surface area contributed by atoms with E-state index in [-0.39, 0.29) is 18.5 Å². The largest absolute Gasteiger partial charge is 1.00 e. The highest BCUT2D eigenvalue weighted by molar-refractivity contribution is 4.49. The molecule has 168 valence electrons. The van der Waals surface area contributed by atoms with Crippen LogP contribution in [0.4, 0.5) is 0 Å². The van der Waals surface area contributed by atoms with Crippen molar-refractivity contribution >= 4 is 0 Å². The third-order valence-electron chi connectivity index (χ3n) is 4.68. The van der Waals surface area contributed by atoms with Crippen molar-refractivity contribution in [1.82, 2.24) is 0 Å². The van der Waals surface area contributed by atoms with Crippen LogP contribution in [-0.2, 0) is 0 Å². The Balaban J connectivity index is -0.00000104. The molecule has 0 fully saturated rings. The van der Waals surface area contributed by atoms with Gasteiger partial charge in [0.05, 0.1) is 27.7 Å². The molecule has 0 rings (SSSR count). The van der Waals surface area contributed by atoms with Gasteiger partial charge >= 0.3 is 0 Å². The van der Waals surface area contributed by atoms with Crippen LogP contribution < -0.4 is 12.4 Å². The van der Waals surface area contributed by atoms with E-state index < -0.39 is 0 Å². The molecular formula is C24H54ClNO. The van der Waals surface area contributed by atoms with Gasteiger partial charge in [-0.05, 0) is 26.7 Å². The number of quaternary nitrogens is 1. The Morgan fingerprint density at radius 1 is 0.556 bits per heavy atom. The second kappa shape index (κ2) is 24.2. The molecule has 0 aliphatic carbocycles. The molecular weight excluding hydrogens is 354 g/mol. The van der Waals surface area contributed by atoms with Gasteiger partial charge in [0.25, 0.3) is 0 Å². The summed E-state index contributed by atoms with van der Waals surface area (Å²) < 4.78 is 1.12. The quantitative estimate of drug-likeness (QED) is 0.281. The van der Waals surface area contributed by atoms with Crippen LogP contribution in [0.3, 0.4) is 0 Å². The summed E-state index contributed by atoms with van der Waals surface area (Å²) in [6, 6.07) is 0. The molecule has 1 N–H and O–H groups in total. The van der Waals surface area contributed by atoms with E-state index in [2.05, 4.69) is 28.1 Å². The molecule has 0 atom stereocenters. The maximum Gasteiger partial charge on any atom is 0.0780 e. The smallest absolute Gasteiger partial charge is 0.0780 e. The van der Waals surface area contributed by atoms with E-state index in [4.69, 9.17) is 5.11 Å². The fourth-order valence-corrected chi connectivity index (χ4v) is 3.13. The summed E-state index contributed by atoms with van der Waals surface area (Å²) in [5.74, 6) is 0. The molecule has 0 aromatic heterocycles. The summed E-state index contributed by atoms with van der Waals surface area (Å²) in [6.07, 6.45) is 23.2. The van der Waals surface area contributed by atoms with Gasteiger partial charge < -0.3 is 22.0 Å². The van der Waals surface area contributed by atoms with E-state index in [1.807, 2.05) is 0 Å². The Kier molecular flexibility index (Phi) is 28.6. The predicted molar refractivity (Wildman–Crippen MR) is 120 cm³/mol. The van der Waals surface area contributed by atoms with E-state index in [1.54, 1.807) is 13.8 Å². The van der Waals surface area contributed by atoms with E-state index in [0.29, 0.717) is 0 Å². The van der Waals surface area contributed by atoms with Gasteiger partial charge in [-0.2, -0.15) is 0 Å². The number of rotatable bonds is 17. The molecule has 2 nitrogen and oxygen atoms in total. The molecule has 0 aromatic carbocycles. The lowest BCUT2D eigenvalue weighted by Gasteiger charge is -2.23. The van der Waals surface area contributed by atoms with Crippen LogP contribution in [0.2, 0.25) is 0 Å². The number of unbranched alkanes of at least 4 members (excludes halogenated alkanes) is 15. The molecule has 0 bridgehead atoms. The minimum Gasteiger partial charge on any atom is -1.00 e. The van der Waals surface area contributed by atoms with Crippen molar-refractivity contribution in [2.45, 2.75) is 130 Å². The summed E-state index contributed by atoms with van der Waals surface area (Å²) in [7, 11) is 6.89. The summed E-state index contributed by atoms with van der Waals surface area (Å²) >= 11 is 0. The summed E-state index contributed by atoms with van der Waals surface area (Å²) in [5, 5.41) is 8.06. The number of aliphatic hydroxyl groups excluding tert-OH is 1. The number of hydrogen-bond acceptors (Lipinski definition) is 1. The molecule has 27 heavy (non-hydrogen) atoms. The van der Waals surface area contributed by atoms with Crippen molar-refractivity contribution in [2.24, 2.45) is 0 Å². The van der Waals surface area contributed by atoms with E-state index in [9.17, 15) is 0 Å². The van der Waals surface area contributed by atoms with Crippen molar-refractivity contribution in [2.75, 3.05) is 27.7 Å². The molecule has 0 aliphatic heterocycles. The first kappa shape index (κ1) is 31.9. The van der Waals surface area contributed by atoms with Crippen molar-refractivity contribution in [3.05, 3.63) is 0 Å². The third kappa shape index (κ3) is 41.6. The predicted octanol–water partition coefficient (Wildman–Crippen LogP) is 4.35. The lowest BCUT2D eigenvalue weighted by atomic mass is 10.0. The summed E-state index contributed by atoms with van der Waals surface area (Å²) in [5.41, 5.74) is 0. The van der Waals surface area contributed by atoms with Crippen LogP contribution in [0.5, 0.6) is 0 Å². The lowest BCUT2D eigenvalue weighted by molar-refractivity contribution is -0.870. The standard InChI is InChI=1S/C21H46N.C3H8O.ClH/c1-5-6-7-8-9-10-11-12-13-14-15-16-17-18-19-20-21-22(2,3)4;1-3(2)4;/h5-21H2,1-4H3;3-4H,1-2H3;1H/q+1;;/p-1. The number of aliphatic hydroxyl groups is 1. The second-order valence-corrected chi connectivity index (χ2v) is 9.41. The van der Waals surface area contributed by atoms with Gasteiger partial charge in [0.15, 0.2) is 0 Å². The molecule has 0 saturated carbocycles. The highest BCUT2D eigenvalue weighted by atomic mass is 35.5. The van der Waals surface area contributed by atoms with Crippen LogP contribution in [0, 0.1) is 0 Å². The highest BCUT2D eigenvalue weighted by Crippen LogP contribution is 2.13. The number of nitrogens with zero attached hydrogens (tertiary/aromatic N) is 1. The minimum absolute atomic E-state index is 0. The Morgan fingerprint density at radius 3 is 1.00 bits per heavy atom. The normalized spacial score (nSPS) is 11.1. The Morgan fingerprint density at radius 2 is 0.778 bits per heavy atom. The van der Waals surface area contributed by atoms with Crippen LogP contribution in [0.15, 0.2) is 0 Å². The van der Waals surface area contributed by atoms with Gasteiger partial charge in [-0.1, -0.05) is 96.8 Å². The zero-order chi connectivity index (χ0) is 20.1. The molecule has 0 unspecified atom stereocenters. The third-order valence-corrected chi connectivity index (χ3v) is 4.68. The molecule has 0 spiro atoms. The first-order valence-electron chi connectivity index (χ1n) is 11.8. The van der Waals surface area contributed by atoms with Gasteiger partial charge in [-0.3, -0.25) is 0 Å². The molecule has 3 heteroatoms. The SMILES string of the molecule is CC(C)O.CCCCCCCCCCCCCCCCCC[N+](C)(C)C.[Cl-]. The molecule has 0 amide bonds. The Hall–Kier alpha value is 0.210. The zero-order valence-electron chi connectivity index (χ0n) is 19.9. The summed E-state index contributed by atoms with van der Waals surface area (Å²) in [4.78, 5) is 0. The lowest BCUT2D eigenvalue weighted by Crippen LogP contribution is -3.00. The minimum atomic E-state index is -0.167. The van der Waals surface area contributed by atoms with Crippen LogP contribution >= 0.6 is 0 Å². The molecule has 0 heterocycles. The van der Waals surface area contributed by atoms with E-state index in [0.717, 1.165) is 4.48 Å². The maximum absolute atomic E-state index is 8.06. The fourth-order valence-electron chi connectivity index (χ4n) is 3.13. The number of hydrogen-bond donors (Lipinski definition) is 1. The highest BCUT2D eigenvalue weighted by Gasteiger charge is 2.04. The van der Waals surface area contributed by atoms with Crippen LogP contribution in [0.25, 0.3) is 0 Å². The Labute approximate surface area is 179 Å². The zero-order valence-corrected chi connectivity index (χ0v) is 20.6. The topological polar surface area (TPSA) is 20.2 Å². The van der Waals surface area contributed by atoms with Crippen molar-refractivity contribution in [3.63, 3.8) is 0 Å². The van der Waals surface area contributed by atoms with Gasteiger partial charge in [0.1, 0.15) is 0 Å². The van der Waals surface area contributed by atoms with Crippen molar-refractivity contribution < 1.29 is 22.0 Å². The molecule has 0 aliphatic rings. The first-order chi connectivity index (χ1) is 12.3. The van der Waals surface area contributed by atoms with Gasteiger partial charge in [0, 0.05) is 6.10 Å². The number of halogens is 1. The average molecular weight is 408 g/mol. The fraction of sp³-hybridized carbons (Fsp3) is 1.00. The van der Waals surface area contributed by atoms with Crippen molar-refractivity contribution in [1.29, 1.82) is 0 Å². The van der Waals surface area contributed by atoms with Gasteiger partial charge in [-0.15, -0.1) is 0 Å². The maximum atomic E-state index is 8.06. The Bertz CT molecular complexity index is 249. The molecule has 0 aromatic rings. The average Bonchev–Trinajstić information content (AvgIpc) is 2.53. The summed E-state index contributed by atoms with van der Waals surface area (Å²) in [6.45, 7) is 7.07. The monoisotopic (exact) mass is 407 g/mol. The van der Waals surface area contributed by atoms with Crippen molar-refractivity contribution in [3.8, 4) is 0 Å². The van der Waals surface area contributed by atoms with Gasteiger partial charge in [0.2, 0.25) is 0 Å².